The number of aliphatic imine (C=N–C) groups is 2. The molecule has 1 aliphatic heterocycles. The summed E-state index contributed by atoms with van der Waals surface area (Å²) in [5.74, 6) is 0.406. The zero-order chi connectivity index (χ0) is 13.2. The molecule has 7 heteroatoms. The van der Waals surface area contributed by atoms with Gasteiger partial charge in [-0.15, -0.1) is 12.6 Å². The molecule has 0 saturated heterocycles. The van der Waals surface area contributed by atoms with Crippen LogP contribution in [0.2, 0.25) is 0 Å². The molecule has 3 heterocycles. The van der Waals surface area contributed by atoms with Gasteiger partial charge in [0.15, 0.2) is 5.17 Å². The molecular weight excluding hydrogens is 262 g/mol. The summed E-state index contributed by atoms with van der Waals surface area (Å²) < 4.78 is 7.63. The highest BCUT2D eigenvalue weighted by atomic mass is 32.1. The highest BCUT2D eigenvalue weighted by molar-refractivity contribution is 7.96. The van der Waals surface area contributed by atoms with Crippen LogP contribution in [0.25, 0.3) is 5.65 Å². The minimum atomic E-state index is -0.305. The zero-order valence-electron chi connectivity index (χ0n) is 10.1. The average Bonchev–Trinajstić information content (AvgIpc) is 2.80. The van der Waals surface area contributed by atoms with Crippen LogP contribution in [0.15, 0.2) is 40.6 Å². The largest absolute Gasteiger partial charge is 0.385 e. The van der Waals surface area contributed by atoms with Gasteiger partial charge in [0.1, 0.15) is 17.6 Å². The van der Waals surface area contributed by atoms with E-state index in [4.69, 9.17) is 10.5 Å². The first-order chi connectivity index (χ1) is 9.22. The summed E-state index contributed by atoms with van der Waals surface area (Å²) in [5.41, 5.74) is 7.52. The molecule has 19 heavy (non-hydrogen) atoms. The number of thiol groups is 1. The van der Waals surface area contributed by atoms with E-state index in [0.29, 0.717) is 24.2 Å². The van der Waals surface area contributed by atoms with Crippen LogP contribution in [0.4, 0.5) is 0 Å². The predicted molar refractivity (Wildman–Crippen MR) is 76.7 cm³/mol. The first-order valence-electron chi connectivity index (χ1n) is 5.84. The Morgan fingerprint density at radius 3 is 3.16 bits per heavy atom. The Labute approximate surface area is 115 Å². The van der Waals surface area contributed by atoms with Gasteiger partial charge in [0.05, 0.1) is 18.8 Å². The molecule has 2 N–H and O–H groups in total. The molecule has 0 aliphatic carbocycles. The van der Waals surface area contributed by atoms with Crippen LogP contribution in [0.5, 0.6) is 0 Å². The summed E-state index contributed by atoms with van der Waals surface area (Å²) in [4.78, 5) is 12.5. The summed E-state index contributed by atoms with van der Waals surface area (Å²) in [6.45, 7) is 0.821. The van der Waals surface area contributed by atoms with Gasteiger partial charge < -0.3 is 14.9 Å². The van der Waals surface area contributed by atoms with Crippen molar-refractivity contribution in [2.75, 3.05) is 6.54 Å². The fourth-order valence-electron chi connectivity index (χ4n) is 1.86. The van der Waals surface area contributed by atoms with E-state index in [1.165, 1.54) is 0 Å². The second-order valence-corrected chi connectivity index (χ2v) is 4.58. The summed E-state index contributed by atoms with van der Waals surface area (Å²) in [7, 11) is 0. The fourth-order valence-corrected chi connectivity index (χ4v) is 2.06. The lowest BCUT2D eigenvalue weighted by Crippen LogP contribution is -2.37. The third-order valence-corrected chi connectivity index (χ3v) is 3.05. The van der Waals surface area contributed by atoms with Gasteiger partial charge in [-0.25, -0.2) is 9.98 Å². The molecule has 1 atom stereocenters. The van der Waals surface area contributed by atoms with E-state index in [2.05, 4.69) is 27.6 Å². The van der Waals surface area contributed by atoms with Gasteiger partial charge in [-0.2, -0.15) is 0 Å². The Hall–Kier alpha value is -1.86. The molecule has 98 valence electrons. The number of hydrogen-bond donors (Lipinski definition) is 2. The maximum atomic E-state index is 5.78. The number of nitrogens with zero attached hydrogens (tertiary/aromatic N) is 4. The average molecular weight is 275 g/mol. The Balaban J connectivity index is 1.68. The van der Waals surface area contributed by atoms with Crippen molar-refractivity contribution in [2.24, 2.45) is 15.7 Å². The number of ether oxygens (including phenoxy) is 1. The van der Waals surface area contributed by atoms with Crippen LogP contribution < -0.4 is 5.73 Å². The summed E-state index contributed by atoms with van der Waals surface area (Å²) in [5, 5.41) is 0.394. The van der Waals surface area contributed by atoms with Crippen molar-refractivity contribution in [3.63, 3.8) is 0 Å². The van der Waals surface area contributed by atoms with E-state index < -0.39 is 0 Å². The molecular formula is C12H13N5OS. The molecule has 0 fully saturated rings. The number of fused-ring (bicyclic) bond motifs is 1. The monoisotopic (exact) mass is 275 g/mol. The van der Waals surface area contributed by atoms with Crippen LogP contribution in [-0.2, 0) is 11.3 Å². The number of rotatable bonds is 3. The number of pyridine rings is 1. The van der Waals surface area contributed by atoms with Gasteiger partial charge in [-0.05, 0) is 12.1 Å². The Bertz CT molecular complexity index is 630. The highest BCUT2D eigenvalue weighted by Gasteiger charge is 2.18. The van der Waals surface area contributed by atoms with E-state index in [1.54, 1.807) is 0 Å². The minimum Gasteiger partial charge on any atom is -0.385 e. The van der Waals surface area contributed by atoms with Crippen LogP contribution in [0.3, 0.4) is 0 Å². The summed E-state index contributed by atoms with van der Waals surface area (Å²) in [6.07, 6.45) is 3.57. The van der Waals surface area contributed by atoms with E-state index in [0.717, 1.165) is 11.3 Å². The minimum absolute atomic E-state index is 0.305. The molecule has 1 aliphatic rings. The quantitative estimate of drug-likeness (QED) is 0.816. The van der Waals surface area contributed by atoms with E-state index in [9.17, 15) is 0 Å². The first kappa shape index (κ1) is 12.2. The number of amidine groups is 2. The van der Waals surface area contributed by atoms with Crippen LogP contribution >= 0.6 is 12.6 Å². The van der Waals surface area contributed by atoms with E-state index in [-0.39, 0.29) is 6.10 Å². The van der Waals surface area contributed by atoms with E-state index in [1.807, 2.05) is 35.0 Å². The van der Waals surface area contributed by atoms with E-state index >= 15 is 0 Å². The SMILES string of the molecule is NC1=NC(S)=NCC1OCc1cn2ccccc2n1. The lowest BCUT2D eigenvalue weighted by molar-refractivity contribution is 0.0866. The van der Waals surface area contributed by atoms with Crippen molar-refractivity contribution in [1.82, 2.24) is 9.38 Å². The third-order valence-electron chi connectivity index (χ3n) is 2.80. The van der Waals surface area contributed by atoms with Crippen molar-refractivity contribution in [2.45, 2.75) is 12.7 Å². The third kappa shape index (κ3) is 2.61. The second-order valence-electron chi connectivity index (χ2n) is 4.18. The van der Waals surface area contributed by atoms with Crippen LogP contribution in [0.1, 0.15) is 5.69 Å². The number of imidazole rings is 1. The Morgan fingerprint density at radius 1 is 1.47 bits per heavy atom. The van der Waals surface area contributed by atoms with Gasteiger partial charge >= 0.3 is 0 Å². The van der Waals surface area contributed by atoms with Crippen LogP contribution in [0, 0.1) is 0 Å². The molecule has 2 aromatic rings. The lowest BCUT2D eigenvalue weighted by Gasteiger charge is -2.17. The van der Waals surface area contributed by atoms with Crippen molar-refractivity contribution in [1.29, 1.82) is 0 Å². The van der Waals surface area contributed by atoms with Gasteiger partial charge in [0, 0.05) is 12.4 Å². The topological polar surface area (TPSA) is 77.3 Å². The molecule has 6 nitrogen and oxygen atoms in total. The van der Waals surface area contributed by atoms with Gasteiger partial charge in [-0.3, -0.25) is 4.99 Å². The van der Waals surface area contributed by atoms with Crippen molar-refractivity contribution in [3.8, 4) is 0 Å². The lowest BCUT2D eigenvalue weighted by atomic mass is 10.3. The Kier molecular flexibility index (Phi) is 3.22. The molecule has 0 radical (unpaired) electrons. The van der Waals surface area contributed by atoms with Crippen LogP contribution in [-0.4, -0.2) is 33.0 Å². The van der Waals surface area contributed by atoms with Crippen molar-refractivity contribution < 1.29 is 4.74 Å². The highest BCUT2D eigenvalue weighted by Crippen LogP contribution is 2.09. The normalized spacial score (nSPS) is 19.3. The summed E-state index contributed by atoms with van der Waals surface area (Å²) >= 11 is 4.04. The maximum absolute atomic E-state index is 5.78. The Morgan fingerprint density at radius 2 is 2.37 bits per heavy atom. The predicted octanol–water partition coefficient (Wildman–Crippen LogP) is 0.876. The standard InChI is InChI=1S/C12H13N5OS/c13-11-9(5-14-12(19)16-11)18-7-8-6-17-4-2-1-3-10(17)15-8/h1-4,6,9H,5,7H2,(H3,13,14,16,19). The molecule has 3 rings (SSSR count). The maximum Gasteiger partial charge on any atom is 0.181 e. The molecule has 1 unspecified atom stereocenters. The zero-order valence-corrected chi connectivity index (χ0v) is 11.0. The molecule has 0 saturated carbocycles. The molecule has 2 aromatic heterocycles. The first-order valence-corrected chi connectivity index (χ1v) is 6.29. The van der Waals surface area contributed by atoms with Gasteiger partial charge in [0.25, 0.3) is 0 Å². The summed E-state index contributed by atoms with van der Waals surface area (Å²) in [6, 6.07) is 5.84. The molecule has 0 amide bonds. The smallest absolute Gasteiger partial charge is 0.181 e. The number of hydrogen-bond acceptors (Lipinski definition) is 5. The fraction of sp³-hybridized carbons (Fsp3) is 0.250. The number of aromatic nitrogens is 2. The number of nitrogens with two attached hydrogens (primary N) is 1. The molecule has 0 spiro atoms. The molecule has 0 bridgehead atoms. The molecule has 0 aromatic carbocycles. The van der Waals surface area contributed by atoms with Gasteiger partial charge in [0.2, 0.25) is 0 Å². The van der Waals surface area contributed by atoms with Crippen molar-refractivity contribution in [3.05, 3.63) is 36.3 Å². The second kappa shape index (κ2) is 5.02. The van der Waals surface area contributed by atoms with Gasteiger partial charge in [-0.1, -0.05) is 6.07 Å². The van der Waals surface area contributed by atoms with Crippen molar-refractivity contribution >= 4 is 29.3 Å².